The summed E-state index contributed by atoms with van der Waals surface area (Å²) in [5, 5.41) is 3.75. The largest absolute Gasteiger partial charge is 0.381 e. The number of nitrogens with one attached hydrogen (secondary N) is 2. The number of aromatic amines is 1. The molecule has 0 saturated carbocycles. The van der Waals surface area contributed by atoms with Crippen LogP contribution in [0, 0.1) is 0 Å². The third kappa shape index (κ3) is 6.24. The maximum atomic E-state index is 12.6. The van der Waals surface area contributed by atoms with Crippen molar-refractivity contribution in [1.82, 2.24) is 14.8 Å². The first-order valence-corrected chi connectivity index (χ1v) is 16.0. The number of nitrogens with zero attached hydrogens (tertiary/aromatic N) is 3. The summed E-state index contributed by atoms with van der Waals surface area (Å²) in [5.74, 6) is 0. The Morgan fingerprint density at radius 1 is 0.900 bits per heavy atom. The minimum Gasteiger partial charge on any atom is -0.381 e. The van der Waals surface area contributed by atoms with Crippen LogP contribution in [0.25, 0.3) is 11.3 Å². The molecule has 4 heterocycles. The number of fused-ring (bicyclic) bond motifs is 2. The van der Waals surface area contributed by atoms with Gasteiger partial charge in [-0.1, -0.05) is 35.7 Å². The smallest absolute Gasteiger partial charge is 0.250 e. The highest BCUT2D eigenvalue weighted by atomic mass is 32.2. The molecule has 9 heteroatoms. The van der Waals surface area contributed by atoms with Gasteiger partial charge in [-0.2, -0.15) is 0 Å². The molecule has 40 heavy (non-hydrogen) atoms. The van der Waals surface area contributed by atoms with Crippen molar-refractivity contribution in [3.63, 3.8) is 0 Å². The normalized spacial score (nSPS) is 18.9. The Morgan fingerprint density at radius 2 is 1.70 bits per heavy atom. The first kappa shape index (κ1) is 27.7. The summed E-state index contributed by atoms with van der Waals surface area (Å²) in [7, 11) is 0. The van der Waals surface area contributed by atoms with E-state index in [9.17, 15) is 4.79 Å². The zero-order chi connectivity index (χ0) is 27.6. The fourth-order valence-corrected chi connectivity index (χ4v) is 8.17. The van der Waals surface area contributed by atoms with Crippen LogP contribution in [0.1, 0.15) is 20.8 Å². The van der Waals surface area contributed by atoms with Gasteiger partial charge >= 0.3 is 0 Å². The third-order valence-electron chi connectivity index (χ3n) is 7.93. The maximum absolute atomic E-state index is 12.6. The van der Waals surface area contributed by atoms with Gasteiger partial charge in [-0.25, -0.2) is 0 Å². The topological polar surface area (TPSA) is 63.8 Å². The molecule has 0 bridgehead atoms. The number of ether oxygens (including phenoxy) is 1. The summed E-state index contributed by atoms with van der Waals surface area (Å²) in [4.78, 5) is 28.1. The Hall–Kier alpha value is -2.43. The highest BCUT2D eigenvalue weighted by molar-refractivity contribution is 8.05. The average Bonchev–Trinajstić information content (AvgIpc) is 2.96. The van der Waals surface area contributed by atoms with E-state index in [1.54, 1.807) is 17.8 Å². The fourth-order valence-electron chi connectivity index (χ4n) is 5.76. The number of H-pyrrole nitrogens is 1. The highest BCUT2D eigenvalue weighted by Gasteiger charge is 2.23. The van der Waals surface area contributed by atoms with Crippen molar-refractivity contribution >= 4 is 34.9 Å². The van der Waals surface area contributed by atoms with Crippen molar-refractivity contribution in [2.45, 2.75) is 52.4 Å². The predicted octanol–water partition coefficient (Wildman–Crippen LogP) is 5.32. The lowest BCUT2D eigenvalue weighted by atomic mass is 10.1. The SMILES string of the molecule is CC(CN1CCN(C(C)C)CC1)Nc1ccc2c(c1)Sc1cccc(-c3cc(N4CCOCC4)cc(=O)[nH]3)c1S2. The lowest BCUT2D eigenvalue weighted by Gasteiger charge is -2.38. The van der Waals surface area contributed by atoms with Crippen molar-refractivity contribution in [3.8, 4) is 11.3 Å². The van der Waals surface area contributed by atoms with E-state index in [-0.39, 0.29) is 5.56 Å². The molecule has 0 amide bonds. The van der Waals surface area contributed by atoms with E-state index in [2.05, 4.69) is 88.2 Å². The number of benzene rings is 2. The second kappa shape index (κ2) is 12.2. The molecule has 1 atom stereocenters. The quantitative estimate of drug-likeness (QED) is 0.306. The average molecular weight is 578 g/mol. The van der Waals surface area contributed by atoms with E-state index < -0.39 is 0 Å². The number of morpholine rings is 1. The van der Waals surface area contributed by atoms with Crippen molar-refractivity contribution in [1.29, 1.82) is 0 Å². The number of anilines is 2. The van der Waals surface area contributed by atoms with Crippen LogP contribution in [0.3, 0.4) is 0 Å². The predicted molar refractivity (Wildman–Crippen MR) is 166 cm³/mol. The molecule has 0 aliphatic carbocycles. The summed E-state index contributed by atoms with van der Waals surface area (Å²) in [6.45, 7) is 15.5. The Kier molecular flexibility index (Phi) is 8.46. The molecule has 2 N–H and O–H groups in total. The van der Waals surface area contributed by atoms with Crippen LogP contribution in [0.15, 0.2) is 72.9 Å². The minimum atomic E-state index is -0.0721. The number of rotatable bonds is 7. The molecule has 1 unspecified atom stereocenters. The van der Waals surface area contributed by atoms with Crippen molar-refractivity contribution in [2.75, 3.05) is 69.2 Å². The minimum absolute atomic E-state index is 0.0721. The molecule has 3 aliphatic heterocycles. The highest BCUT2D eigenvalue weighted by Crippen LogP contribution is 2.52. The monoisotopic (exact) mass is 577 g/mol. The molecule has 3 aromatic rings. The van der Waals surface area contributed by atoms with E-state index in [4.69, 9.17) is 4.74 Å². The molecule has 0 radical (unpaired) electrons. The Balaban J connectivity index is 1.16. The molecule has 2 fully saturated rings. The van der Waals surface area contributed by atoms with Gasteiger partial charge in [0.25, 0.3) is 0 Å². The van der Waals surface area contributed by atoms with Crippen LogP contribution in [0.5, 0.6) is 0 Å². The lowest BCUT2D eigenvalue weighted by Crippen LogP contribution is -2.50. The molecule has 212 valence electrons. The first-order valence-electron chi connectivity index (χ1n) is 14.4. The second-order valence-electron chi connectivity index (χ2n) is 11.2. The van der Waals surface area contributed by atoms with Gasteiger partial charge in [0.1, 0.15) is 0 Å². The van der Waals surface area contributed by atoms with Crippen molar-refractivity contribution < 1.29 is 4.74 Å². The summed E-state index contributed by atoms with van der Waals surface area (Å²) >= 11 is 3.60. The van der Waals surface area contributed by atoms with Gasteiger partial charge < -0.3 is 19.9 Å². The van der Waals surface area contributed by atoms with Crippen LogP contribution in [-0.2, 0) is 4.74 Å². The number of aromatic nitrogens is 1. The van der Waals surface area contributed by atoms with Gasteiger partial charge in [0.2, 0.25) is 5.56 Å². The zero-order valence-electron chi connectivity index (χ0n) is 23.6. The standard InChI is InChI=1S/C31H39N5O2S2/c1-21(2)35-11-9-34(10-12-35)20-22(3)32-23-7-8-27-29(17-23)39-28-6-4-5-25(31(28)40-27)26-18-24(19-30(37)33-26)36-13-15-38-16-14-36/h4-8,17-19,21-22,32H,9-16,20H2,1-3H3,(H,33,37). The number of hydrogen-bond donors (Lipinski definition) is 2. The van der Waals surface area contributed by atoms with E-state index in [0.29, 0.717) is 25.3 Å². The second-order valence-corrected chi connectivity index (χ2v) is 13.3. The summed E-state index contributed by atoms with van der Waals surface area (Å²) in [6, 6.07) is 17.9. The van der Waals surface area contributed by atoms with Gasteiger partial charge in [-0.3, -0.25) is 14.6 Å². The van der Waals surface area contributed by atoms with Gasteiger partial charge in [0, 0.05) is 100 Å². The van der Waals surface area contributed by atoms with E-state index in [1.165, 1.54) is 25.3 Å². The fraction of sp³-hybridized carbons (Fsp3) is 0.452. The Labute approximate surface area is 245 Å². The Bertz CT molecular complexity index is 1400. The molecule has 2 aromatic carbocycles. The van der Waals surface area contributed by atoms with Crippen molar-refractivity contribution in [3.05, 3.63) is 58.9 Å². The third-order valence-corrected chi connectivity index (χ3v) is 10.5. The maximum Gasteiger partial charge on any atom is 0.250 e. The van der Waals surface area contributed by atoms with E-state index in [1.807, 2.05) is 11.8 Å². The molecule has 6 rings (SSSR count). The Morgan fingerprint density at radius 3 is 2.48 bits per heavy atom. The van der Waals surface area contributed by atoms with Gasteiger partial charge in [0.15, 0.2) is 0 Å². The number of piperazine rings is 1. The molecule has 2 saturated heterocycles. The van der Waals surface area contributed by atoms with Crippen molar-refractivity contribution in [2.24, 2.45) is 0 Å². The zero-order valence-corrected chi connectivity index (χ0v) is 25.2. The van der Waals surface area contributed by atoms with E-state index in [0.717, 1.165) is 62.8 Å². The molecule has 1 aromatic heterocycles. The van der Waals surface area contributed by atoms with Gasteiger partial charge in [-0.05, 0) is 51.1 Å². The summed E-state index contributed by atoms with van der Waals surface area (Å²) < 4.78 is 5.51. The van der Waals surface area contributed by atoms with Crippen LogP contribution in [0.4, 0.5) is 11.4 Å². The molecule has 3 aliphatic rings. The van der Waals surface area contributed by atoms with Gasteiger partial charge in [0.05, 0.1) is 18.9 Å². The van der Waals surface area contributed by atoms with Gasteiger partial charge in [-0.15, -0.1) is 0 Å². The first-order chi connectivity index (χ1) is 19.4. The van der Waals surface area contributed by atoms with Crippen LogP contribution in [0.2, 0.25) is 0 Å². The summed E-state index contributed by atoms with van der Waals surface area (Å²) in [5.41, 5.74) is 3.99. The lowest BCUT2D eigenvalue weighted by molar-refractivity contribution is 0.107. The van der Waals surface area contributed by atoms with Crippen LogP contribution in [-0.4, -0.2) is 85.9 Å². The number of hydrogen-bond acceptors (Lipinski definition) is 8. The van der Waals surface area contributed by atoms with Crippen LogP contribution >= 0.6 is 23.5 Å². The summed E-state index contributed by atoms with van der Waals surface area (Å²) in [6.07, 6.45) is 0. The molecular weight excluding hydrogens is 539 g/mol. The number of pyridine rings is 1. The molecule has 0 spiro atoms. The molecular formula is C31H39N5O2S2. The van der Waals surface area contributed by atoms with E-state index >= 15 is 0 Å². The van der Waals surface area contributed by atoms with Crippen LogP contribution < -0.4 is 15.8 Å². The molecule has 7 nitrogen and oxygen atoms in total.